The van der Waals surface area contributed by atoms with Gasteiger partial charge in [-0.05, 0) is 24.5 Å². The predicted octanol–water partition coefficient (Wildman–Crippen LogP) is 3.41. The van der Waals surface area contributed by atoms with Gasteiger partial charge in [0.05, 0.1) is 16.7 Å². The zero-order valence-corrected chi connectivity index (χ0v) is 14.0. The zero-order chi connectivity index (χ0) is 16.9. The number of carbonyl (C=O) groups excluding carboxylic acids is 1. The molecule has 126 valence electrons. The first-order valence-corrected chi connectivity index (χ1v) is 8.38. The Kier molecular flexibility index (Phi) is 5.33. The Morgan fingerprint density at radius 3 is 2.88 bits per heavy atom. The quantitative estimate of drug-likeness (QED) is 0.870. The van der Waals surface area contributed by atoms with E-state index in [2.05, 4.69) is 22.4 Å². The van der Waals surface area contributed by atoms with Crippen LogP contribution in [0.2, 0.25) is 5.02 Å². The largest absolute Gasteiger partial charge is 0.373 e. The molecule has 2 heterocycles. The average Bonchev–Trinajstić information content (AvgIpc) is 2.61. The fourth-order valence-corrected chi connectivity index (χ4v) is 3.23. The van der Waals surface area contributed by atoms with Crippen molar-refractivity contribution in [2.24, 2.45) is 11.7 Å². The van der Waals surface area contributed by atoms with Gasteiger partial charge in [0.15, 0.2) is 0 Å². The monoisotopic (exact) mass is 345 g/mol. The molecule has 5 nitrogen and oxygen atoms in total. The fourth-order valence-electron chi connectivity index (χ4n) is 2.99. The summed E-state index contributed by atoms with van der Waals surface area (Å²) in [5, 5.41) is 3.66. The van der Waals surface area contributed by atoms with Gasteiger partial charge in [0.2, 0.25) is 5.91 Å². The van der Waals surface area contributed by atoms with Crippen LogP contribution in [0.3, 0.4) is 0 Å². The summed E-state index contributed by atoms with van der Waals surface area (Å²) in [6.07, 6.45) is 3.61. The molecule has 0 spiro atoms. The summed E-state index contributed by atoms with van der Waals surface area (Å²) in [5.74, 6) is 0.342. The molecule has 0 bridgehead atoms. The van der Waals surface area contributed by atoms with E-state index in [1.807, 2.05) is 18.2 Å². The Morgan fingerprint density at radius 1 is 1.38 bits per heavy atom. The first-order valence-electron chi connectivity index (χ1n) is 8.01. The molecule has 1 aromatic heterocycles. The molecule has 2 aromatic rings. The molecule has 0 radical (unpaired) electrons. The van der Waals surface area contributed by atoms with Crippen molar-refractivity contribution in [2.75, 3.05) is 18.5 Å². The standard InChI is InChI=1S/C18H20ClN3O2/c19-15-9-14(17(20)23)11-22-18(15)21-10-13-7-4-8-24-16(13)12-5-2-1-3-6-12/h1-3,5-6,9,11,13,16H,4,7-8,10H2,(H2,20,23)(H,21,22)/t13-,16-/m0/s1. The van der Waals surface area contributed by atoms with Crippen LogP contribution < -0.4 is 11.1 Å². The third-order valence-corrected chi connectivity index (χ3v) is 4.52. The van der Waals surface area contributed by atoms with Gasteiger partial charge in [0.1, 0.15) is 5.82 Å². The fraction of sp³-hybridized carbons (Fsp3) is 0.333. The molecule has 0 aliphatic carbocycles. The van der Waals surface area contributed by atoms with Crippen molar-refractivity contribution in [3.05, 3.63) is 58.7 Å². The topological polar surface area (TPSA) is 77.2 Å². The lowest BCUT2D eigenvalue weighted by molar-refractivity contribution is -0.0238. The highest BCUT2D eigenvalue weighted by Crippen LogP contribution is 2.34. The molecular formula is C18H20ClN3O2. The van der Waals surface area contributed by atoms with Crippen LogP contribution in [0.15, 0.2) is 42.6 Å². The number of nitrogens with two attached hydrogens (primary N) is 1. The highest BCUT2D eigenvalue weighted by Gasteiger charge is 2.27. The van der Waals surface area contributed by atoms with Gasteiger partial charge in [-0.2, -0.15) is 0 Å². The van der Waals surface area contributed by atoms with Crippen LogP contribution in [-0.2, 0) is 4.74 Å². The molecule has 0 saturated carbocycles. The van der Waals surface area contributed by atoms with Gasteiger partial charge in [-0.1, -0.05) is 41.9 Å². The van der Waals surface area contributed by atoms with Crippen molar-refractivity contribution in [3.8, 4) is 0 Å². The first kappa shape index (κ1) is 16.7. The normalized spacial score (nSPS) is 20.5. The third kappa shape index (κ3) is 3.86. The molecule has 3 N–H and O–H groups in total. The number of pyridine rings is 1. The molecule has 3 rings (SSSR count). The number of carbonyl (C=O) groups is 1. The Morgan fingerprint density at radius 2 is 2.17 bits per heavy atom. The zero-order valence-electron chi connectivity index (χ0n) is 13.2. The number of primary amides is 1. The van der Waals surface area contributed by atoms with Gasteiger partial charge in [-0.25, -0.2) is 4.98 Å². The number of ether oxygens (including phenoxy) is 1. The number of hydrogen-bond acceptors (Lipinski definition) is 4. The van der Waals surface area contributed by atoms with E-state index >= 15 is 0 Å². The Hall–Kier alpha value is -2.11. The number of benzene rings is 1. The third-order valence-electron chi connectivity index (χ3n) is 4.23. The van der Waals surface area contributed by atoms with E-state index in [-0.39, 0.29) is 6.10 Å². The van der Waals surface area contributed by atoms with Gasteiger partial charge >= 0.3 is 0 Å². The molecule has 1 amide bonds. The summed E-state index contributed by atoms with van der Waals surface area (Å²) in [5.41, 5.74) is 6.72. The lowest BCUT2D eigenvalue weighted by Crippen LogP contribution is -2.28. The van der Waals surface area contributed by atoms with Gasteiger partial charge in [-0.3, -0.25) is 4.79 Å². The van der Waals surface area contributed by atoms with Crippen LogP contribution in [0.1, 0.15) is 34.9 Å². The van der Waals surface area contributed by atoms with E-state index in [0.717, 1.165) is 19.4 Å². The number of halogens is 1. The van der Waals surface area contributed by atoms with E-state index in [1.165, 1.54) is 17.8 Å². The minimum atomic E-state index is -0.541. The van der Waals surface area contributed by atoms with E-state index in [4.69, 9.17) is 22.1 Å². The van der Waals surface area contributed by atoms with Crippen molar-refractivity contribution >= 4 is 23.3 Å². The number of hydrogen-bond donors (Lipinski definition) is 2. The lowest BCUT2D eigenvalue weighted by Gasteiger charge is -2.32. The van der Waals surface area contributed by atoms with Crippen LogP contribution in [-0.4, -0.2) is 24.0 Å². The van der Waals surface area contributed by atoms with Crippen LogP contribution in [0.25, 0.3) is 0 Å². The predicted molar refractivity (Wildman–Crippen MR) is 94.1 cm³/mol. The van der Waals surface area contributed by atoms with E-state index in [9.17, 15) is 4.79 Å². The summed E-state index contributed by atoms with van der Waals surface area (Å²) >= 11 is 6.18. The smallest absolute Gasteiger partial charge is 0.250 e. The Labute approximate surface area is 146 Å². The molecular weight excluding hydrogens is 326 g/mol. The molecule has 1 aliphatic heterocycles. The summed E-state index contributed by atoms with van der Waals surface area (Å²) < 4.78 is 5.99. The SMILES string of the molecule is NC(=O)c1cnc(NC[C@@H]2CCCO[C@H]2c2ccccc2)c(Cl)c1. The summed E-state index contributed by atoms with van der Waals surface area (Å²) in [7, 11) is 0. The highest BCUT2D eigenvalue weighted by atomic mass is 35.5. The van der Waals surface area contributed by atoms with E-state index < -0.39 is 5.91 Å². The van der Waals surface area contributed by atoms with Crippen LogP contribution in [0.4, 0.5) is 5.82 Å². The van der Waals surface area contributed by atoms with Crippen LogP contribution in [0.5, 0.6) is 0 Å². The number of nitrogens with one attached hydrogen (secondary N) is 1. The molecule has 1 fully saturated rings. The summed E-state index contributed by atoms with van der Waals surface area (Å²) in [6, 6.07) is 11.8. The summed E-state index contributed by atoms with van der Waals surface area (Å²) in [4.78, 5) is 15.4. The first-order chi connectivity index (χ1) is 11.6. The van der Waals surface area contributed by atoms with Crippen LogP contribution >= 0.6 is 11.6 Å². The molecule has 2 atom stereocenters. The molecule has 6 heteroatoms. The highest BCUT2D eigenvalue weighted by molar-refractivity contribution is 6.33. The van der Waals surface area contributed by atoms with E-state index in [0.29, 0.717) is 28.9 Å². The second kappa shape index (κ2) is 7.64. The minimum Gasteiger partial charge on any atom is -0.373 e. The maximum Gasteiger partial charge on any atom is 0.250 e. The number of nitrogens with zero attached hydrogens (tertiary/aromatic N) is 1. The van der Waals surface area contributed by atoms with Gasteiger partial charge < -0.3 is 15.8 Å². The average molecular weight is 346 g/mol. The molecule has 1 aromatic carbocycles. The van der Waals surface area contributed by atoms with Gasteiger partial charge in [0, 0.05) is 25.3 Å². The maximum absolute atomic E-state index is 11.2. The molecule has 24 heavy (non-hydrogen) atoms. The molecule has 1 aliphatic rings. The Balaban J connectivity index is 1.69. The van der Waals surface area contributed by atoms with E-state index in [1.54, 1.807) is 0 Å². The molecule has 1 saturated heterocycles. The van der Waals surface area contributed by atoms with Crippen molar-refractivity contribution in [1.82, 2.24) is 4.98 Å². The number of amides is 1. The van der Waals surface area contributed by atoms with Gasteiger partial charge in [0.25, 0.3) is 0 Å². The second-order valence-electron chi connectivity index (χ2n) is 5.90. The van der Waals surface area contributed by atoms with Crippen molar-refractivity contribution in [3.63, 3.8) is 0 Å². The van der Waals surface area contributed by atoms with Crippen molar-refractivity contribution in [1.29, 1.82) is 0 Å². The van der Waals surface area contributed by atoms with Crippen molar-refractivity contribution < 1.29 is 9.53 Å². The number of aromatic nitrogens is 1. The summed E-state index contributed by atoms with van der Waals surface area (Å²) in [6.45, 7) is 1.48. The van der Waals surface area contributed by atoms with Crippen molar-refractivity contribution in [2.45, 2.75) is 18.9 Å². The van der Waals surface area contributed by atoms with Crippen LogP contribution in [0, 0.1) is 5.92 Å². The minimum absolute atomic E-state index is 0.0659. The Bertz CT molecular complexity index is 709. The number of rotatable bonds is 5. The van der Waals surface area contributed by atoms with Gasteiger partial charge in [-0.15, -0.1) is 0 Å². The number of anilines is 1. The lowest BCUT2D eigenvalue weighted by atomic mass is 9.89. The maximum atomic E-state index is 11.2. The second-order valence-corrected chi connectivity index (χ2v) is 6.31. The molecule has 0 unspecified atom stereocenters.